The lowest BCUT2D eigenvalue weighted by molar-refractivity contribution is 0.341. The van der Waals surface area contributed by atoms with Crippen LogP contribution in [0.1, 0.15) is 6.92 Å². The van der Waals surface area contributed by atoms with Crippen LogP contribution in [0.4, 0.5) is 0 Å². The highest BCUT2D eigenvalue weighted by Gasteiger charge is 2.07. The van der Waals surface area contributed by atoms with Crippen LogP contribution >= 0.6 is 22.9 Å². The highest BCUT2D eigenvalue weighted by molar-refractivity contribution is 7.21. The smallest absolute Gasteiger partial charge is 0.124 e. The topological polar surface area (TPSA) is 22.1 Å². The number of rotatable bonds is 3. The Morgan fingerprint density at radius 3 is 2.68 bits per heavy atom. The molecule has 19 heavy (non-hydrogen) atoms. The van der Waals surface area contributed by atoms with Crippen LogP contribution < -0.4 is 4.74 Å². The second kappa shape index (κ2) is 5.19. The summed E-state index contributed by atoms with van der Waals surface area (Å²) in [7, 11) is 0. The summed E-state index contributed by atoms with van der Waals surface area (Å²) in [6.07, 6.45) is 0. The lowest BCUT2D eigenvalue weighted by atomic mass is 10.2. The van der Waals surface area contributed by atoms with Gasteiger partial charge in [0.1, 0.15) is 10.8 Å². The van der Waals surface area contributed by atoms with Gasteiger partial charge >= 0.3 is 0 Å². The van der Waals surface area contributed by atoms with Crippen molar-refractivity contribution in [1.29, 1.82) is 0 Å². The molecule has 1 aromatic heterocycles. The summed E-state index contributed by atoms with van der Waals surface area (Å²) < 4.78 is 6.64. The Kier molecular flexibility index (Phi) is 3.40. The van der Waals surface area contributed by atoms with Gasteiger partial charge in [-0.2, -0.15) is 0 Å². The fourth-order valence-corrected chi connectivity index (χ4v) is 3.00. The first kappa shape index (κ1) is 12.5. The molecule has 96 valence electrons. The van der Waals surface area contributed by atoms with Gasteiger partial charge in [-0.15, -0.1) is 11.3 Å². The minimum absolute atomic E-state index is 0.675. The summed E-state index contributed by atoms with van der Waals surface area (Å²) in [4.78, 5) is 4.63. The van der Waals surface area contributed by atoms with Gasteiger partial charge in [-0.25, -0.2) is 4.98 Å². The molecular formula is C15H12ClNOS. The Hall–Kier alpha value is -1.58. The Morgan fingerprint density at radius 2 is 1.95 bits per heavy atom. The van der Waals surface area contributed by atoms with E-state index in [1.807, 2.05) is 49.4 Å². The quantitative estimate of drug-likeness (QED) is 0.676. The number of aromatic nitrogens is 1. The van der Waals surface area contributed by atoms with Crippen molar-refractivity contribution in [3.05, 3.63) is 47.5 Å². The third kappa shape index (κ3) is 2.57. The lowest BCUT2D eigenvalue weighted by Crippen LogP contribution is -1.89. The maximum atomic E-state index is 5.90. The van der Waals surface area contributed by atoms with Gasteiger partial charge in [-0.3, -0.25) is 0 Å². The SMILES string of the molecule is CCOc1ccc2nc(-c3ccc(Cl)cc3)sc2c1. The van der Waals surface area contributed by atoms with Gasteiger partial charge in [0.2, 0.25) is 0 Å². The summed E-state index contributed by atoms with van der Waals surface area (Å²) in [5.41, 5.74) is 2.09. The second-order valence-corrected chi connectivity index (χ2v) is 5.56. The summed E-state index contributed by atoms with van der Waals surface area (Å²) in [5, 5.41) is 1.74. The molecule has 0 radical (unpaired) electrons. The van der Waals surface area contributed by atoms with E-state index in [4.69, 9.17) is 16.3 Å². The zero-order valence-corrected chi connectivity index (χ0v) is 12.0. The van der Waals surface area contributed by atoms with E-state index in [1.54, 1.807) is 11.3 Å². The fourth-order valence-electron chi connectivity index (χ4n) is 1.88. The summed E-state index contributed by atoms with van der Waals surface area (Å²) in [6.45, 7) is 2.66. The average molecular weight is 290 g/mol. The number of fused-ring (bicyclic) bond motifs is 1. The molecule has 0 saturated carbocycles. The molecule has 0 fully saturated rings. The largest absolute Gasteiger partial charge is 0.494 e. The normalized spacial score (nSPS) is 10.8. The van der Waals surface area contributed by atoms with E-state index >= 15 is 0 Å². The lowest BCUT2D eigenvalue weighted by Gasteiger charge is -2.00. The third-order valence-corrected chi connectivity index (χ3v) is 4.08. The molecule has 0 aliphatic carbocycles. The molecule has 2 nitrogen and oxygen atoms in total. The summed E-state index contributed by atoms with van der Waals surface area (Å²) in [6, 6.07) is 13.7. The molecule has 4 heteroatoms. The van der Waals surface area contributed by atoms with Crippen LogP contribution in [0.15, 0.2) is 42.5 Å². The zero-order valence-electron chi connectivity index (χ0n) is 10.4. The second-order valence-electron chi connectivity index (χ2n) is 4.09. The molecule has 1 heterocycles. The maximum Gasteiger partial charge on any atom is 0.124 e. The van der Waals surface area contributed by atoms with E-state index in [2.05, 4.69) is 4.98 Å². The Morgan fingerprint density at radius 1 is 1.16 bits per heavy atom. The van der Waals surface area contributed by atoms with Gasteiger partial charge in [0, 0.05) is 10.6 Å². The van der Waals surface area contributed by atoms with Gasteiger partial charge < -0.3 is 4.74 Å². The van der Waals surface area contributed by atoms with Gasteiger partial charge in [-0.1, -0.05) is 23.7 Å². The number of benzene rings is 2. The van der Waals surface area contributed by atoms with Crippen LogP contribution in [0.3, 0.4) is 0 Å². The molecule has 3 aromatic rings. The molecule has 0 atom stereocenters. The van der Waals surface area contributed by atoms with Gasteiger partial charge in [0.05, 0.1) is 16.8 Å². The first-order chi connectivity index (χ1) is 9.26. The van der Waals surface area contributed by atoms with E-state index in [-0.39, 0.29) is 0 Å². The minimum atomic E-state index is 0.675. The van der Waals surface area contributed by atoms with Crippen LogP contribution in [-0.2, 0) is 0 Å². The standard InChI is InChI=1S/C15H12ClNOS/c1-2-18-12-7-8-13-14(9-12)19-15(17-13)10-3-5-11(16)6-4-10/h3-9H,2H2,1H3. The summed E-state index contributed by atoms with van der Waals surface area (Å²) >= 11 is 7.56. The molecule has 0 aliphatic heterocycles. The van der Waals surface area contributed by atoms with Crippen molar-refractivity contribution in [2.45, 2.75) is 6.92 Å². The van der Waals surface area contributed by atoms with Gasteiger partial charge in [0.25, 0.3) is 0 Å². The average Bonchev–Trinajstić information content (AvgIpc) is 2.83. The predicted octanol–water partition coefficient (Wildman–Crippen LogP) is 5.02. The number of hydrogen-bond acceptors (Lipinski definition) is 3. The van der Waals surface area contributed by atoms with Crippen molar-refractivity contribution in [2.24, 2.45) is 0 Å². The number of thiazole rings is 1. The first-order valence-corrected chi connectivity index (χ1v) is 7.25. The van der Waals surface area contributed by atoms with Crippen LogP contribution in [0.25, 0.3) is 20.8 Å². The maximum absolute atomic E-state index is 5.90. The molecule has 3 rings (SSSR count). The molecule has 0 N–H and O–H groups in total. The van der Waals surface area contributed by atoms with Crippen molar-refractivity contribution in [3.63, 3.8) is 0 Å². The number of nitrogens with zero attached hydrogens (tertiary/aromatic N) is 1. The van der Waals surface area contributed by atoms with Gasteiger partial charge in [-0.05, 0) is 37.3 Å². The van der Waals surface area contributed by atoms with Gasteiger partial charge in [0.15, 0.2) is 0 Å². The molecule has 2 aromatic carbocycles. The zero-order chi connectivity index (χ0) is 13.2. The highest BCUT2D eigenvalue weighted by atomic mass is 35.5. The van der Waals surface area contributed by atoms with Crippen LogP contribution in [-0.4, -0.2) is 11.6 Å². The number of halogens is 1. The Balaban J connectivity index is 2.03. The van der Waals surface area contributed by atoms with Crippen LogP contribution in [0.5, 0.6) is 5.75 Å². The van der Waals surface area contributed by atoms with E-state index in [0.717, 1.165) is 31.6 Å². The third-order valence-electron chi connectivity index (χ3n) is 2.76. The summed E-state index contributed by atoms with van der Waals surface area (Å²) in [5.74, 6) is 0.890. The molecule has 0 aliphatic rings. The Bertz CT molecular complexity index is 706. The van der Waals surface area contributed by atoms with Crippen molar-refractivity contribution in [3.8, 4) is 16.3 Å². The molecule has 0 unspecified atom stereocenters. The first-order valence-electron chi connectivity index (χ1n) is 6.05. The van der Waals surface area contributed by atoms with E-state index < -0.39 is 0 Å². The van der Waals surface area contributed by atoms with Crippen molar-refractivity contribution in [2.75, 3.05) is 6.61 Å². The number of hydrogen-bond donors (Lipinski definition) is 0. The van der Waals surface area contributed by atoms with Crippen molar-refractivity contribution < 1.29 is 4.74 Å². The molecule has 0 bridgehead atoms. The van der Waals surface area contributed by atoms with E-state index in [0.29, 0.717) is 6.61 Å². The van der Waals surface area contributed by atoms with E-state index in [9.17, 15) is 0 Å². The molecular weight excluding hydrogens is 278 g/mol. The highest BCUT2D eigenvalue weighted by Crippen LogP contribution is 2.32. The monoisotopic (exact) mass is 289 g/mol. The predicted molar refractivity (Wildman–Crippen MR) is 81.2 cm³/mol. The minimum Gasteiger partial charge on any atom is -0.494 e. The molecule has 0 amide bonds. The van der Waals surface area contributed by atoms with E-state index in [1.165, 1.54) is 0 Å². The molecule has 0 saturated heterocycles. The van der Waals surface area contributed by atoms with Crippen molar-refractivity contribution in [1.82, 2.24) is 4.98 Å². The molecule has 0 spiro atoms. The fraction of sp³-hybridized carbons (Fsp3) is 0.133. The Labute approximate surface area is 120 Å². The van der Waals surface area contributed by atoms with Crippen LogP contribution in [0, 0.1) is 0 Å². The van der Waals surface area contributed by atoms with Crippen LogP contribution in [0.2, 0.25) is 5.02 Å². The number of ether oxygens (including phenoxy) is 1. The van der Waals surface area contributed by atoms with Crippen molar-refractivity contribution >= 4 is 33.2 Å².